The van der Waals surface area contributed by atoms with Gasteiger partial charge in [-0.25, -0.2) is 0 Å². The molecule has 4 rings (SSSR count). The van der Waals surface area contributed by atoms with E-state index in [0.29, 0.717) is 23.7 Å². The van der Waals surface area contributed by atoms with Crippen LogP contribution in [-0.4, -0.2) is 20.6 Å². The Balaban J connectivity index is 1.52. The van der Waals surface area contributed by atoms with Gasteiger partial charge < -0.3 is 14.4 Å². The second-order valence-electron chi connectivity index (χ2n) is 6.90. The number of anilines is 1. The summed E-state index contributed by atoms with van der Waals surface area (Å²) in [7, 11) is 0. The smallest absolute Gasteiger partial charge is 0.255 e. The quantitative estimate of drug-likeness (QED) is 0.486. The Morgan fingerprint density at radius 3 is 2.41 bits per heavy atom. The maximum Gasteiger partial charge on any atom is 0.255 e. The SMILES string of the molecule is CCc1nc(-c2cc(NC(=O)c3ccc(-n4c(C)ccc4C)cc3)c(C)s2)no1. The van der Waals surface area contributed by atoms with Crippen LogP contribution in [0.3, 0.4) is 0 Å². The maximum absolute atomic E-state index is 12.7. The average Bonchev–Trinajstić information content (AvgIpc) is 3.42. The molecule has 148 valence electrons. The summed E-state index contributed by atoms with van der Waals surface area (Å²) in [4.78, 5) is 19.0. The van der Waals surface area contributed by atoms with Gasteiger partial charge in [-0.15, -0.1) is 11.3 Å². The number of nitrogens with one attached hydrogen (secondary N) is 1. The van der Waals surface area contributed by atoms with Crippen molar-refractivity contribution in [2.45, 2.75) is 34.1 Å². The lowest BCUT2D eigenvalue weighted by molar-refractivity contribution is 0.102. The van der Waals surface area contributed by atoms with E-state index in [0.717, 1.165) is 32.5 Å². The van der Waals surface area contributed by atoms with Crippen molar-refractivity contribution in [3.8, 4) is 16.4 Å². The van der Waals surface area contributed by atoms with Crippen molar-refractivity contribution < 1.29 is 9.32 Å². The van der Waals surface area contributed by atoms with E-state index in [1.165, 1.54) is 11.3 Å². The van der Waals surface area contributed by atoms with Gasteiger partial charge in [0, 0.05) is 33.9 Å². The summed E-state index contributed by atoms with van der Waals surface area (Å²) in [5.41, 5.74) is 4.73. The third-order valence-electron chi connectivity index (χ3n) is 4.82. The summed E-state index contributed by atoms with van der Waals surface area (Å²) in [6, 6.07) is 13.7. The first-order valence-electron chi connectivity index (χ1n) is 9.46. The standard InChI is InChI=1S/C22H22N4O2S/c1-5-20-24-21(25-28-20)19-12-18(15(4)29-19)23-22(27)16-8-10-17(11-9-16)26-13(2)6-7-14(26)3/h6-12H,5H2,1-4H3,(H,23,27). The molecule has 0 bridgehead atoms. The van der Waals surface area contributed by atoms with Crippen LogP contribution in [0.2, 0.25) is 0 Å². The monoisotopic (exact) mass is 406 g/mol. The molecule has 3 aromatic heterocycles. The number of benzene rings is 1. The molecule has 0 aliphatic carbocycles. The fourth-order valence-electron chi connectivity index (χ4n) is 3.25. The van der Waals surface area contributed by atoms with Crippen molar-refractivity contribution in [2.24, 2.45) is 0 Å². The van der Waals surface area contributed by atoms with Gasteiger partial charge in [0.05, 0.1) is 10.6 Å². The number of carbonyl (C=O) groups is 1. The van der Waals surface area contributed by atoms with E-state index < -0.39 is 0 Å². The highest BCUT2D eigenvalue weighted by atomic mass is 32.1. The van der Waals surface area contributed by atoms with Crippen molar-refractivity contribution in [1.82, 2.24) is 14.7 Å². The van der Waals surface area contributed by atoms with E-state index in [9.17, 15) is 4.79 Å². The van der Waals surface area contributed by atoms with E-state index in [1.807, 2.05) is 44.2 Å². The Morgan fingerprint density at radius 2 is 1.79 bits per heavy atom. The highest BCUT2D eigenvalue weighted by molar-refractivity contribution is 7.16. The lowest BCUT2D eigenvalue weighted by atomic mass is 10.2. The first-order chi connectivity index (χ1) is 14.0. The van der Waals surface area contributed by atoms with Gasteiger partial charge in [-0.1, -0.05) is 12.1 Å². The minimum atomic E-state index is -0.146. The fourth-order valence-corrected chi connectivity index (χ4v) is 4.15. The van der Waals surface area contributed by atoms with Gasteiger partial charge in [0.1, 0.15) is 0 Å². The van der Waals surface area contributed by atoms with E-state index in [2.05, 4.69) is 46.0 Å². The Hall–Kier alpha value is -3.19. The van der Waals surface area contributed by atoms with E-state index in [4.69, 9.17) is 4.52 Å². The molecular formula is C22H22N4O2S. The first kappa shape index (κ1) is 19.1. The average molecular weight is 407 g/mol. The molecule has 0 aliphatic rings. The summed E-state index contributed by atoms with van der Waals surface area (Å²) >= 11 is 1.53. The Bertz CT molecular complexity index is 1150. The van der Waals surface area contributed by atoms with E-state index in [-0.39, 0.29) is 5.91 Å². The molecule has 0 atom stereocenters. The number of thiophene rings is 1. The maximum atomic E-state index is 12.7. The molecule has 1 aromatic carbocycles. The van der Waals surface area contributed by atoms with Crippen molar-refractivity contribution in [1.29, 1.82) is 0 Å². The fraction of sp³-hybridized carbons (Fsp3) is 0.227. The van der Waals surface area contributed by atoms with Crippen LogP contribution in [0.1, 0.15) is 39.4 Å². The summed E-state index contributed by atoms with van der Waals surface area (Å²) in [6.07, 6.45) is 0.693. The van der Waals surface area contributed by atoms with Crippen LogP contribution in [-0.2, 0) is 6.42 Å². The van der Waals surface area contributed by atoms with Crippen molar-refractivity contribution >= 4 is 22.9 Å². The molecule has 4 aromatic rings. The zero-order valence-electron chi connectivity index (χ0n) is 16.8. The molecule has 0 fully saturated rings. The largest absolute Gasteiger partial charge is 0.339 e. The molecule has 1 amide bonds. The summed E-state index contributed by atoms with van der Waals surface area (Å²) in [5, 5.41) is 7.00. The van der Waals surface area contributed by atoms with Gasteiger partial charge in [0.15, 0.2) is 0 Å². The third-order valence-corrected chi connectivity index (χ3v) is 5.86. The number of aromatic nitrogens is 3. The Morgan fingerprint density at radius 1 is 1.10 bits per heavy atom. The molecule has 7 heteroatoms. The number of aryl methyl sites for hydroxylation is 4. The summed E-state index contributed by atoms with van der Waals surface area (Å²) in [6.45, 7) is 8.06. The van der Waals surface area contributed by atoms with Gasteiger partial charge in [-0.05, 0) is 63.2 Å². The predicted molar refractivity (Wildman–Crippen MR) is 115 cm³/mol. The molecular weight excluding hydrogens is 384 g/mol. The topological polar surface area (TPSA) is 73.0 Å². The molecule has 0 saturated carbocycles. The second kappa shape index (κ2) is 7.67. The van der Waals surface area contributed by atoms with Crippen LogP contribution in [0, 0.1) is 20.8 Å². The molecule has 3 heterocycles. The number of nitrogens with zero attached hydrogens (tertiary/aromatic N) is 3. The Kier molecular flexibility index (Phi) is 5.07. The molecule has 1 N–H and O–H groups in total. The van der Waals surface area contributed by atoms with Crippen molar-refractivity contribution in [2.75, 3.05) is 5.32 Å². The molecule has 0 spiro atoms. The van der Waals surface area contributed by atoms with Crippen molar-refractivity contribution in [3.05, 3.63) is 70.2 Å². The molecule has 29 heavy (non-hydrogen) atoms. The summed E-state index contributed by atoms with van der Waals surface area (Å²) in [5.74, 6) is 1.01. The van der Waals surface area contributed by atoms with Gasteiger partial charge in [0.2, 0.25) is 11.7 Å². The lowest BCUT2D eigenvalue weighted by Crippen LogP contribution is -2.12. The van der Waals surface area contributed by atoms with Gasteiger partial charge in [0.25, 0.3) is 5.91 Å². The highest BCUT2D eigenvalue weighted by Crippen LogP contribution is 2.33. The number of rotatable bonds is 5. The minimum Gasteiger partial charge on any atom is -0.339 e. The van der Waals surface area contributed by atoms with Gasteiger partial charge in [-0.3, -0.25) is 4.79 Å². The van der Waals surface area contributed by atoms with Crippen LogP contribution >= 0.6 is 11.3 Å². The van der Waals surface area contributed by atoms with Crippen LogP contribution in [0.25, 0.3) is 16.4 Å². The normalized spacial score (nSPS) is 11.0. The van der Waals surface area contributed by atoms with Crippen LogP contribution in [0.15, 0.2) is 47.0 Å². The van der Waals surface area contributed by atoms with Crippen LogP contribution in [0.4, 0.5) is 5.69 Å². The Labute approximate surface area is 173 Å². The second-order valence-corrected chi connectivity index (χ2v) is 8.15. The summed E-state index contributed by atoms with van der Waals surface area (Å²) < 4.78 is 7.34. The lowest BCUT2D eigenvalue weighted by Gasteiger charge is -2.10. The van der Waals surface area contributed by atoms with E-state index in [1.54, 1.807) is 0 Å². The number of amides is 1. The zero-order chi connectivity index (χ0) is 20.5. The number of hydrogen-bond acceptors (Lipinski definition) is 5. The van der Waals surface area contributed by atoms with Gasteiger partial charge >= 0.3 is 0 Å². The van der Waals surface area contributed by atoms with Crippen LogP contribution < -0.4 is 5.32 Å². The zero-order valence-corrected chi connectivity index (χ0v) is 17.6. The highest BCUT2D eigenvalue weighted by Gasteiger charge is 2.15. The molecule has 0 saturated heterocycles. The van der Waals surface area contributed by atoms with Gasteiger partial charge in [-0.2, -0.15) is 4.98 Å². The number of hydrogen-bond donors (Lipinski definition) is 1. The van der Waals surface area contributed by atoms with Crippen LogP contribution in [0.5, 0.6) is 0 Å². The molecule has 0 unspecified atom stereocenters. The first-order valence-corrected chi connectivity index (χ1v) is 10.3. The minimum absolute atomic E-state index is 0.146. The third kappa shape index (κ3) is 3.73. The van der Waals surface area contributed by atoms with Crippen molar-refractivity contribution in [3.63, 3.8) is 0 Å². The molecule has 6 nitrogen and oxygen atoms in total. The molecule has 0 radical (unpaired) electrons. The number of carbonyl (C=O) groups excluding carboxylic acids is 1. The predicted octanol–water partition coefficient (Wildman–Crippen LogP) is 5.33. The molecule has 0 aliphatic heterocycles. The van der Waals surface area contributed by atoms with E-state index >= 15 is 0 Å².